The molecule has 0 aliphatic rings. The Morgan fingerprint density at radius 3 is 2.74 bits per heavy atom. The molecule has 0 spiro atoms. The minimum absolute atomic E-state index is 0.401. The Morgan fingerprint density at radius 2 is 1.96 bits per heavy atom. The first-order valence-electron chi connectivity index (χ1n) is 6.79. The molecule has 0 saturated heterocycles. The molecule has 0 aliphatic heterocycles. The van der Waals surface area contributed by atoms with E-state index >= 15 is 0 Å². The van der Waals surface area contributed by atoms with E-state index in [0.29, 0.717) is 26.2 Å². The average molecular weight is 363 g/mol. The minimum atomic E-state index is 0.401. The fourth-order valence-electron chi connectivity index (χ4n) is 2.14. The number of nitrogens with zero attached hydrogens (tertiary/aromatic N) is 3. The first-order chi connectivity index (χ1) is 11.1. The summed E-state index contributed by atoms with van der Waals surface area (Å²) in [6.45, 7) is 2.01. The molecule has 0 bridgehead atoms. The van der Waals surface area contributed by atoms with Crippen molar-refractivity contribution >= 4 is 41.6 Å². The monoisotopic (exact) mass is 362 g/mol. The number of aryl methyl sites for hydroxylation is 1. The van der Waals surface area contributed by atoms with Gasteiger partial charge in [-0.05, 0) is 30.8 Å². The molecule has 3 aromatic rings. The molecule has 0 amide bonds. The van der Waals surface area contributed by atoms with E-state index in [1.807, 2.05) is 43.3 Å². The highest BCUT2D eigenvalue weighted by Crippen LogP contribution is 2.25. The van der Waals surface area contributed by atoms with Crippen molar-refractivity contribution in [3.8, 4) is 11.4 Å². The Morgan fingerprint density at radius 1 is 1.17 bits per heavy atom. The summed E-state index contributed by atoms with van der Waals surface area (Å²) in [6.07, 6.45) is 1.61. The van der Waals surface area contributed by atoms with Crippen LogP contribution in [0.5, 0.6) is 0 Å². The first-order valence-corrected chi connectivity index (χ1v) is 7.96. The van der Waals surface area contributed by atoms with E-state index in [1.165, 1.54) is 0 Å². The summed E-state index contributed by atoms with van der Waals surface area (Å²) in [5.41, 5.74) is 2.74. The summed E-state index contributed by atoms with van der Waals surface area (Å²) < 4.78 is 1.96. The number of benzene rings is 2. The van der Waals surface area contributed by atoms with Crippen LogP contribution in [-0.2, 0) is 0 Å². The van der Waals surface area contributed by atoms with Crippen LogP contribution in [0.1, 0.15) is 11.1 Å². The Hall–Kier alpha value is -1.95. The van der Waals surface area contributed by atoms with Gasteiger partial charge in [0.25, 0.3) is 0 Å². The van der Waals surface area contributed by atoms with Crippen molar-refractivity contribution in [1.82, 2.24) is 14.9 Å². The van der Waals surface area contributed by atoms with E-state index in [1.54, 1.807) is 17.0 Å². The summed E-state index contributed by atoms with van der Waals surface area (Å²) in [6, 6.07) is 13.3. The van der Waals surface area contributed by atoms with E-state index in [0.717, 1.165) is 11.1 Å². The second-order valence-electron chi connectivity index (χ2n) is 4.87. The maximum atomic E-state index is 6.17. The molecular weight excluding hydrogens is 351 g/mol. The fourth-order valence-corrected chi connectivity index (χ4v) is 2.67. The van der Waals surface area contributed by atoms with Gasteiger partial charge >= 0.3 is 0 Å². The SMILES string of the molecule is Cc1ccccc1-c1n[nH]c(=S)n1N=Cc1cccc(Cl)c1Cl. The molecule has 0 aliphatic carbocycles. The van der Waals surface area contributed by atoms with Gasteiger partial charge in [0.05, 0.1) is 16.3 Å². The summed E-state index contributed by atoms with van der Waals surface area (Å²) in [5, 5.41) is 12.4. The lowest BCUT2D eigenvalue weighted by atomic mass is 10.1. The van der Waals surface area contributed by atoms with Crippen molar-refractivity contribution in [1.29, 1.82) is 0 Å². The number of rotatable bonds is 3. The van der Waals surface area contributed by atoms with Crippen molar-refractivity contribution < 1.29 is 0 Å². The summed E-state index contributed by atoms with van der Waals surface area (Å²) in [4.78, 5) is 0. The summed E-state index contributed by atoms with van der Waals surface area (Å²) in [7, 11) is 0. The van der Waals surface area contributed by atoms with Gasteiger partial charge in [-0.15, -0.1) is 0 Å². The van der Waals surface area contributed by atoms with Crippen LogP contribution in [0.3, 0.4) is 0 Å². The Balaban J connectivity index is 2.07. The van der Waals surface area contributed by atoms with Crippen LogP contribution in [0.4, 0.5) is 0 Å². The highest BCUT2D eigenvalue weighted by Gasteiger charge is 2.10. The van der Waals surface area contributed by atoms with Crippen molar-refractivity contribution in [2.45, 2.75) is 6.92 Å². The van der Waals surface area contributed by atoms with Gasteiger partial charge in [0.15, 0.2) is 5.82 Å². The molecule has 1 N–H and O–H groups in total. The van der Waals surface area contributed by atoms with E-state index < -0.39 is 0 Å². The normalized spacial score (nSPS) is 11.3. The molecular formula is C16H12Cl2N4S. The second-order valence-corrected chi connectivity index (χ2v) is 6.04. The standard InChI is InChI=1S/C16H12Cl2N4S/c1-10-5-2-3-7-12(10)15-20-21-16(23)22(15)19-9-11-6-4-8-13(17)14(11)18/h2-9H,1H3,(H,21,23). The third kappa shape index (κ3) is 3.22. The van der Waals surface area contributed by atoms with Gasteiger partial charge in [0, 0.05) is 11.1 Å². The van der Waals surface area contributed by atoms with Crippen molar-refractivity contribution in [3.05, 3.63) is 68.4 Å². The molecule has 1 heterocycles. The molecule has 0 saturated carbocycles. The molecule has 0 atom stereocenters. The van der Waals surface area contributed by atoms with Crippen LogP contribution in [-0.4, -0.2) is 21.1 Å². The number of aromatic nitrogens is 3. The Labute approximate surface area is 148 Å². The predicted octanol–water partition coefficient (Wildman–Crippen LogP) is 5.11. The van der Waals surface area contributed by atoms with Crippen molar-refractivity contribution in [3.63, 3.8) is 0 Å². The molecule has 0 radical (unpaired) electrons. The van der Waals surface area contributed by atoms with Crippen LogP contribution in [0.25, 0.3) is 11.4 Å². The van der Waals surface area contributed by atoms with Crippen LogP contribution in [0, 0.1) is 11.7 Å². The summed E-state index contributed by atoms with van der Waals surface area (Å²) in [5.74, 6) is 0.641. The van der Waals surface area contributed by atoms with E-state index in [2.05, 4.69) is 15.3 Å². The van der Waals surface area contributed by atoms with Gasteiger partial charge in [-0.1, -0.05) is 59.6 Å². The van der Waals surface area contributed by atoms with E-state index in [9.17, 15) is 0 Å². The number of hydrogen-bond donors (Lipinski definition) is 1. The maximum Gasteiger partial charge on any atom is 0.216 e. The minimum Gasteiger partial charge on any atom is -0.250 e. The van der Waals surface area contributed by atoms with Crippen LogP contribution in [0.15, 0.2) is 47.6 Å². The number of aromatic amines is 1. The number of hydrogen-bond acceptors (Lipinski definition) is 3. The van der Waals surface area contributed by atoms with E-state index in [-0.39, 0.29) is 0 Å². The molecule has 0 unspecified atom stereocenters. The Kier molecular flexibility index (Phi) is 4.61. The lowest BCUT2D eigenvalue weighted by Crippen LogP contribution is -1.96. The lowest BCUT2D eigenvalue weighted by molar-refractivity contribution is 0.871. The van der Waals surface area contributed by atoms with E-state index in [4.69, 9.17) is 35.4 Å². The van der Waals surface area contributed by atoms with Gasteiger partial charge in [-0.2, -0.15) is 14.9 Å². The van der Waals surface area contributed by atoms with Gasteiger partial charge in [-0.25, -0.2) is 5.10 Å². The van der Waals surface area contributed by atoms with Gasteiger partial charge < -0.3 is 0 Å². The topological polar surface area (TPSA) is 46.0 Å². The number of H-pyrrole nitrogens is 1. The summed E-state index contributed by atoms with van der Waals surface area (Å²) >= 11 is 17.4. The smallest absolute Gasteiger partial charge is 0.216 e. The molecule has 0 fully saturated rings. The van der Waals surface area contributed by atoms with Gasteiger partial charge in [0.2, 0.25) is 4.77 Å². The number of nitrogens with one attached hydrogen (secondary N) is 1. The third-order valence-electron chi connectivity index (χ3n) is 3.33. The van der Waals surface area contributed by atoms with Crippen LogP contribution >= 0.6 is 35.4 Å². The first kappa shape index (κ1) is 15.9. The zero-order valence-electron chi connectivity index (χ0n) is 12.1. The molecule has 23 heavy (non-hydrogen) atoms. The van der Waals surface area contributed by atoms with Crippen molar-refractivity contribution in [2.24, 2.45) is 5.10 Å². The highest BCUT2D eigenvalue weighted by atomic mass is 35.5. The molecule has 2 aromatic carbocycles. The number of halogens is 2. The quantitative estimate of drug-likeness (QED) is 0.520. The fraction of sp³-hybridized carbons (Fsp3) is 0.0625. The van der Waals surface area contributed by atoms with Crippen LogP contribution in [0.2, 0.25) is 10.0 Å². The second kappa shape index (κ2) is 6.66. The zero-order valence-corrected chi connectivity index (χ0v) is 14.5. The molecule has 7 heteroatoms. The molecule has 3 rings (SSSR count). The third-order valence-corrected chi connectivity index (χ3v) is 4.43. The Bertz CT molecular complexity index is 943. The molecule has 1 aromatic heterocycles. The van der Waals surface area contributed by atoms with Gasteiger partial charge in [0.1, 0.15) is 0 Å². The maximum absolute atomic E-state index is 6.17. The van der Waals surface area contributed by atoms with Crippen molar-refractivity contribution in [2.75, 3.05) is 0 Å². The largest absolute Gasteiger partial charge is 0.250 e. The van der Waals surface area contributed by atoms with Crippen LogP contribution < -0.4 is 0 Å². The zero-order chi connectivity index (χ0) is 16.4. The van der Waals surface area contributed by atoms with Gasteiger partial charge in [-0.3, -0.25) is 0 Å². The molecule has 116 valence electrons. The lowest BCUT2D eigenvalue weighted by Gasteiger charge is -2.04. The highest BCUT2D eigenvalue weighted by molar-refractivity contribution is 7.71. The average Bonchev–Trinajstić information content (AvgIpc) is 2.90. The predicted molar refractivity (Wildman–Crippen MR) is 97.0 cm³/mol. The molecule has 4 nitrogen and oxygen atoms in total.